The van der Waals surface area contributed by atoms with Crippen LogP contribution in [-0.2, 0) is 4.74 Å². The molecule has 1 saturated heterocycles. The fourth-order valence-corrected chi connectivity index (χ4v) is 4.81. The summed E-state index contributed by atoms with van der Waals surface area (Å²) in [4.78, 5) is 13.6. The zero-order chi connectivity index (χ0) is 22.2. The molecule has 3 aliphatic rings. The second kappa shape index (κ2) is 8.31. The lowest BCUT2D eigenvalue weighted by molar-refractivity contribution is 0.0604. The fourth-order valence-electron chi connectivity index (χ4n) is 4.81. The second-order valence-corrected chi connectivity index (χ2v) is 8.64. The summed E-state index contributed by atoms with van der Waals surface area (Å²) in [6.07, 6.45) is 8.58. The molecule has 4 heterocycles. The summed E-state index contributed by atoms with van der Waals surface area (Å²) in [5.41, 5.74) is 6.58. The summed E-state index contributed by atoms with van der Waals surface area (Å²) >= 11 is 0. The van der Waals surface area contributed by atoms with Gasteiger partial charge < -0.3 is 24.6 Å². The van der Waals surface area contributed by atoms with E-state index in [1.165, 1.54) is 5.70 Å². The van der Waals surface area contributed by atoms with Gasteiger partial charge in [-0.05, 0) is 56.4 Å². The van der Waals surface area contributed by atoms with E-state index in [1.807, 2.05) is 32.2 Å². The molecule has 1 fully saturated rings. The molecule has 1 aromatic carbocycles. The molecule has 1 unspecified atom stereocenters. The molecule has 7 heteroatoms. The molecule has 166 valence electrons. The first kappa shape index (κ1) is 20.6. The number of carbonyl (C=O) groups is 1. The van der Waals surface area contributed by atoms with Crippen LogP contribution >= 0.6 is 0 Å². The highest BCUT2D eigenvalue weighted by molar-refractivity contribution is 5.89. The van der Waals surface area contributed by atoms with E-state index in [0.29, 0.717) is 11.5 Å². The van der Waals surface area contributed by atoms with Gasteiger partial charge in [-0.2, -0.15) is 0 Å². The summed E-state index contributed by atoms with van der Waals surface area (Å²) in [7, 11) is 0. The minimum atomic E-state index is -0.915. The Balaban J connectivity index is 1.49. The van der Waals surface area contributed by atoms with E-state index < -0.39 is 5.97 Å². The molecule has 0 aliphatic carbocycles. The summed E-state index contributed by atoms with van der Waals surface area (Å²) in [5.74, 6) is 0.461. The van der Waals surface area contributed by atoms with Crippen molar-refractivity contribution < 1.29 is 19.2 Å². The highest BCUT2D eigenvalue weighted by atomic mass is 16.5. The molecule has 0 amide bonds. The van der Waals surface area contributed by atoms with Crippen LogP contribution in [0.1, 0.15) is 45.8 Å². The van der Waals surface area contributed by atoms with Gasteiger partial charge in [0.1, 0.15) is 5.76 Å². The lowest BCUT2D eigenvalue weighted by Gasteiger charge is -2.31. The van der Waals surface area contributed by atoms with Crippen LogP contribution in [0.25, 0.3) is 11.1 Å². The van der Waals surface area contributed by atoms with Crippen molar-refractivity contribution in [3.05, 3.63) is 76.6 Å². The Labute approximate surface area is 187 Å². The zero-order valence-corrected chi connectivity index (χ0v) is 18.3. The summed E-state index contributed by atoms with van der Waals surface area (Å²) in [5, 5.41) is 16.9. The molecule has 0 spiro atoms. The maximum atomic E-state index is 11.3. The molecule has 0 saturated carbocycles. The third kappa shape index (κ3) is 3.73. The molecule has 32 heavy (non-hydrogen) atoms. The molecule has 7 nitrogen and oxygen atoms in total. The van der Waals surface area contributed by atoms with E-state index in [0.717, 1.165) is 66.3 Å². The van der Waals surface area contributed by atoms with Crippen molar-refractivity contribution in [2.75, 3.05) is 19.8 Å². The molecular weight excluding hydrogens is 406 g/mol. The highest BCUT2D eigenvalue weighted by Crippen LogP contribution is 2.39. The smallest absolute Gasteiger partial charge is 0.335 e. The number of nitrogens with one attached hydrogen (secondary N) is 1. The molecule has 0 radical (unpaired) electrons. The van der Waals surface area contributed by atoms with Gasteiger partial charge in [0.25, 0.3) is 0 Å². The van der Waals surface area contributed by atoms with Crippen molar-refractivity contribution in [2.45, 2.75) is 32.7 Å². The Morgan fingerprint density at radius 2 is 1.97 bits per heavy atom. The maximum Gasteiger partial charge on any atom is 0.335 e. The number of hydrogen-bond acceptors (Lipinski definition) is 6. The van der Waals surface area contributed by atoms with Crippen LogP contribution in [0.4, 0.5) is 0 Å². The van der Waals surface area contributed by atoms with Crippen molar-refractivity contribution in [3.63, 3.8) is 0 Å². The Morgan fingerprint density at radius 3 is 2.62 bits per heavy atom. The average molecular weight is 434 g/mol. The first-order valence-corrected chi connectivity index (χ1v) is 11.0. The van der Waals surface area contributed by atoms with Crippen LogP contribution in [0, 0.1) is 19.8 Å². The van der Waals surface area contributed by atoms with Crippen molar-refractivity contribution in [3.8, 4) is 0 Å². The predicted octanol–water partition coefficient (Wildman–Crippen LogP) is 3.97. The van der Waals surface area contributed by atoms with E-state index in [2.05, 4.69) is 27.6 Å². The molecule has 0 bridgehead atoms. The van der Waals surface area contributed by atoms with Crippen LogP contribution in [0.2, 0.25) is 0 Å². The molecule has 3 aliphatic heterocycles. The van der Waals surface area contributed by atoms with Crippen molar-refractivity contribution in [1.82, 2.24) is 15.4 Å². The van der Waals surface area contributed by atoms with Gasteiger partial charge in [-0.1, -0.05) is 17.3 Å². The van der Waals surface area contributed by atoms with E-state index in [4.69, 9.17) is 9.26 Å². The van der Waals surface area contributed by atoms with Crippen molar-refractivity contribution >= 4 is 17.1 Å². The fraction of sp³-hybridized carbons (Fsp3) is 0.360. The third-order valence-electron chi connectivity index (χ3n) is 6.53. The first-order valence-electron chi connectivity index (χ1n) is 11.0. The Morgan fingerprint density at radius 1 is 1.22 bits per heavy atom. The van der Waals surface area contributed by atoms with Crippen LogP contribution < -0.4 is 5.32 Å². The number of benzene rings is 1. The first-order chi connectivity index (χ1) is 15.5. The van der Waals surface area contributed by atoms with Gasteiger partial charge in [0.15, 0.2) is 0 Å². The number of aromatic nitrogens is 1. The monoisotopic (exact) mass is 433 g/mol. The van der Waals surface area contributed by atoms with E-state index in [1.54, 1.807) is 12.1 Å². The normalized spacial score (nSPS) is 20.9. The minimum Gasteiger partial charge on any atom is -0.478 e. The molecule has 1 aromatic heterocycles. The number of carboxylic acids is 1. The van der Waals surface area contributed by atoms with Gasteiger partial charge in [-0.15, -0.1) is 0 Å². The summed E-state index contributed by atoms with van der Waals surface area (Å²) < 4.78 is 10.9. The standard InChI is InChI=1S/C25H27N3O4/c1-15-23(16(2)32-27-15)20-11-22-24(26-12-20)21(18-3-5-19(6-4-18)25(29)30)14-28(22)13-17-7-9-31-10-8-17/h3-6,11-12,14,17,24,26H,7-10,13H2,1-2H3,(H,29,30). The number of dihydropyridines is 1. The number of carboxylic acid groups (broad SMARTS) is 1. The van der Waals surface area contributed by atoms with Gasteiger partial charge >= 0.3 is 5.97 Å². The third-order valence-corrected chi connectivity index (χ3v) is 6.53. The second-order valence-electron chi connectivity index (χ2n) is 8.64. The van der Waals surface area contributed by atoms with E-state index in [-0.39, 0.29) is 6.04 Å². The van der Waals surface area contributed by atoms with Crippen molar-refractivity contribution in [1.29, 1.82) is 0 Å². The summed E-state index contributed by atoms with van der Waals surface area (Å²) in [6, 6.07) is 7.11. The van der Waals surface area contributed by atoms with Gasteiger partial charge in [0, 0.05) is 54.6 Å². The number of rotatable bonds is 5. The predicted molar refractivity (Wildman–Crippen MR) is 121 cm³/mol. The zero-order valence-electron chi connectivity index (χ0n) is 18.3. The van der Waals surface area contributed by atoms with Crippen LogP contribution in [0.15, 0.2) is 53.0 Å². The quantitative estimate of drug-likeness (QED) is 0.738. The average Bonchev–Trinajstić information content (AvgIpc) is 3.33. The maximum absolute atomic E-state index is 11.3. The Bertz CT molecular complexity index is 1100. The summed E-state index contributed by atoms with van der Waals surface area (Å²) in [6.45, 7) is 6.45. The number of aryl methyl sites for hydroxylation is 2. The van der Waals surface area contributed by atoms with Gasteiger partial charge in [0.05, 0.1) is 17.3 Å². The molecular formula is C25H27N3O4. The van der Waals surface area contributed by atoms with E-state index >= 15 is 0 Å². The minimum absolute atomic E-state index is 0.00902. The lowest BCUT2D eigenvalue weighted by atomic mass is 9.93. The Hall–Kier alpha value is -3.32. The lowest BCUT2D eigenvalue weighted by Crippen LogP contribution is -2.35. The van der Waals surface area contributed by atoms with Crippen LogP contribution in [0.3, 0.4) is 0 Å². The molecule has 5 rings (SSSR count). The van der Waals surface area contributed by atoms with Gasteiger partial charge in [-0.3, -0.25) is 0 Å². The van der Waals surface area contributed by atoms with Gasteiger partial charge in [0.2, 0.25) is 0 Å². The molecule has 2 aromatic rings. The Kier molecular flexibility index (Phi) is 5.35. The number of aromatic carboxylic acids is 1. The molecule has 1 atom stereocenters. The SMILES string of the molecule is Cc1noc(C)c1C1=CNC2C(c3ccc(C(=O)O)cc3)=CN(CC3CCOCC3)C2=C1. The highest BCUT2D eigenvalue weighted by Gasteiger charge is 2.34. The number of ether oxygens (including phenoxy) is 1. The largest absolute Gasteiger partial charge is 0.478 e. The van der Waals surface area contributed by atoms with Crippen LogP contribution in [0.5, 0.6) is 0 Å². The van der Waals surface area contributed by atoms with Crippen LogP contribution in [-0.4, -0.2) is 46.9 Å². The molecule has 2 N–H and O–H groups in total. The number of hydrogen-bond donors (Lipinski definition) is 2. The number of allylic oxidation sites excluding steroid dienone is 2. The van der Waals surface area contributed by atoms with E-state index in [9.17, 15) is 9.90 Å². The van der Waals surface area contributed by atoms with Gasteiger partial charge in [-0.25, -0.2) is 4.79 Å². The topological polar surface area (TPSA) is 87.8 Å². The van der Waals surface area contributed by atoms with Crippen molar-refractivity contribution in [2.24, 2.45) is 5.92 Å². The number of fused-ring (bicyclic) bond motifs is 1. The number of nitrogens with zero attached hydrogens (tertiary/aromatic N) is 2.